The van der Waals surface area contributed by atoms with E-state index in [4.69, 9.17) is 4.74 Å². The molecular formula is C25H34N2O3. The fourth-order valence-electron chi connectivity index (χ4n) is 3.77. The molecule has 30 heavy (non-hydrogen) atoms. The molecule has 3 rings (SSSR count). The summed E-state index contributed by atoms with van der Waals surface area (Å²) >= 11 is 0. The molecule has 0 saturated carbocycles. The Hall–Kier alpha value is -2.37. The van der Waals surface area contributed by atoms with Gasteiger partial charge in [-0.25, -0.2) is 0 Å². The first-order valence-electron chi connectivity index (χ1n) is 11.0. The van der Waals surface area contributed by atoms with E-state index in [0.717, 1.165) is 38.1 Å². The highest BCUT2D eigenvalue weighted by molar-refractivity contribution is 5.94. The van der Waals surface area contributed by atoms with Gasteiger partial charge in [0.1, 0.15) is 5.75 Å². The minimum absolute atomic E-state index is 0.176. The molecule has 1 heterocycles. The summed E-state index contributed by atoms with van der Waals surface area (Å²) in [4.78, 5) is 14.6. The van der Waals surface area contributed by atoms with E-state index in [1.165, 1.54) is 11.1 Å². The lowest BCUT2D eigenvalue weighted by molar-refractivity contribution is 0.0842. The Kier molecular flexibility index (Phi) is 8.29. The molecule has 0 saturated heterocycles. The Labute approximate surface area is 180 Å². The molecule has 1 aliphatic heterocycles. The topological polar surface area (TPSA) is 61.8 Å². The second-order valence-corrected chi connectivity index (χ2v) is 8.53. The van der Waals surface area contributed by atoms with Crippen LogP contribution in [0.2, 0.25) is 0 Å². The van der Waals surface area contributed by atoms with E-state index in [0.29, 0.717) is 24.6 Å². The zero-order chi connectivity index (χ0) is 21.3. The zero-order valence-corrected chi connectivity index (χ0v) is 18.1. The summed E-state index contributed by atoms with van der Waals surface area (Å²) in [5.41, 5.74) is 3.29. The van der Waals surface area contributed by atoms with E-state index in [2.05, 4.69) is 48.3 Å². The molecule has 0 aromatic heterocycles. The molecule has 1 atom stereocenters. The SMILES string of the molecule is CC(C)CCCOc1ccc(C(=O)NC[C@H](O)CN2CCc3ccccc3C2)cc1. The number of fused-ring (bicyclic) bond motifs is 1. The predicted octanol–water partition coefficient (Wildman–Crippen LogP) is 3.65. The van der Waals surface area contributed by atoms with Gasteiger partial charge < -0.3 is 15.2 Å². The average molecular weight is 411 g/mol. The molecule has 0 bridgehead atoms. The second kappa shape index (κ2) is 11.1. The van der Waals surface area contributed by atoms with Crippen LogP contribution in [0.15, 0.2) is 48.5 Å². The van der Waals surface area contributed by atoms with E-state index in [9.17, 15) is 9.90 Å². The molecule has 162 valence electrons. The smallest absolute Gasteiger partial charge is 0.251 e. The third-order valence-electron chi connectivity index (χ3n) is 5.49. The van der Waals surface area contributed by atoms with E-state index >= 15 is 0 Å². The first-order valence-corrected chi connectivity index (χ1v) is 11.0. The lowest BCUT2D eigenvalue weighted by atomic mass is 10.00. The number of rotatable bonds is 10. The summed E-state index contributed by atoms with van der Waals surface area (Å²) < 4.78 is 5.72. The highest BCUT2D eigenvalue weighted by Gasteiger charge is 2.19. The Morgan fingerprint density at radius 1 is 1.13 bits per heavy atom. The summed E-state index contributed by atoms with van der Waals surface area (Å²) in [6.45, 7) is 7.67. The van der Waals surface area contributed by atoms with Crippen molar-refractivity contribution in [1.29, 1.82) is 0 Å². The van der Waals surface area contributed by atoms with Gasteiger partial charge in [-0.05, 0) is 60.6 Å². The largest absolute Gasteiger partial charge is 0.494 e. The van der Waals surface area contributed by atoms with Crippen molar-refractivity contribution in [3.63, 3.8) is 0 Å². The lowest BCUT2D eigenvalue weighted by Gasteiger charge is -2.30. The minimum Gasteiger partial charge on any atom is -0.494 e. The molecule has 0 aliphatic carbocycles. The van der Waals surface area contributed by atoms with Crippen LogP contribution in [0.5, 0.6) is 5.75 Å². The third-order valence-corrected chi connectivity index (χ3v) is 5.49. The molecular weight excluding hydrogens is 376 g/mol. The van der Waals surface area contributed by atoms with Gasteiger partial charge in [0.25, 0.3) is 5.91 Å². The van der Waals surface area contributed by atoms with Gasteiger partial charge in [0.15, 0.2) is 0 Å². The van der Waals surface area contributed by atoms with Gasteiger partial charge in [-0.3, -0.25) is 9.69 Å². The van der Waals surface area contributed by atoms with Crippen LogP contribution in [-0.4, -0.2) is 48.3 Å². The zero-order valence-electron chi connectivity index (χ0n) is 18.1. The van der Waals surface area contributed by atoms with Crippen LogP contribution in [0.3, 0.4) is 0 Å². The third kappa shape index (κ3) is 6.85. The molecule has 5 heteroatoms. The van der Waals surface area contributed by atoms with Crippen LogP contribution >= 0.6 is 0 Å². The van der Waals surface area contributed by atoms with Gasteiger partial charge in [0, 0.05) is 31.7 Å². The number of β-amino-alcohol motifs (C(OH)–C–C–N with tert-alkyl or cyclic N) is 1. The maximum atomic E-state index is 12.4. The van der Waals surface area contributed by atoms with Gasteiger partial charge in [0.2, 0.25) is 0 Å². The number of ether oxygens (including phenoxy) is 1. The van der Waals surface area contributed by atoms with Gasteiger partial charge in [-0.2, -0.15) is 0 Å². The summed E-state index contributed by atoms with van der Waals surface area (Å²) in [6.07, 6.45) is 2.58. The van der Waals surface area contributed by atoms with Crippen molar-refractivity contribution in [2.24, 2.45) is 5.92 Å². The van der Waals surface area contributed by atoms with Crippen LogP contribution in [-0.2, 0) is 13.0 Å². The summed E-state index contributed by atoms with van der Waals surface area (Å²) in [5, 5.41) is 13.2. The minimum atomic E-state index is -0.595. The van der Waals surface area contributed by atoms with Gasteiger partial charge in [-0.15, -0.1) is 0 Å². The molecule has 2 N–H and O–H groups in total. The lowest BCUT2D eigenvalue weighted by Crippen LogP contribution is -2.42. The van der Waals surface area contributed by atoms with Crippen LogP contribution < -0.4 is 10.1 Å². The van der Waals surface area contributed by atoms with E-state index in [1.54, 1.807) is 12.1 Å². The number of aliphatic hydroxyl groups is 1. The van der Waals surface area contributed by atoms with Crippen LogP contribution in [0.25, 0.3) is 0 Å². The maximum Gasteiger partial charge on any atom is 0.251 e. The van der Waals surface area contributed by atoms with Gasteiger partial charge in [0.05, 0.1) is 12.7 Å². The van der Waals surface area contributed by atoms with Gasteiger partial charge in [-0.1, -0.05) is 38.1 Å². The van der Waals surface area contributed by atoms with Crippen LogP contribution in [0.1, 0.15) is 48.2 Å². The van der Waals surface area contributed by atoms with Crippen LogP contribution in [0, 0.1) is 5.92 Å². The van der Waals surface area contributed by atoms with E-state index < -0.39 is 6.10 Å². The van der Waals surface area contributed by atoms with Crippen LogP contribution in [0.4, 0.5) is 0 Å². The Bertz CT molecular complexity index is 804. The number of amides is 1. The summed E-state index contributed by atoms with van der Waals surface area (Å²) in [7, 11) is 0. The Morgan fingerprint density at radius 3 is 2.60 bits per heavy atom. The van der Waals surface area contributed by atoms with E-state index in [1.807, 2.05) is 12.1 Å². The quantitative estimate of drug-likeness (QED) is 0.587. The number of hydrogen-bond donors (Lipinski definition) is 2. The molecule has 0 fully saturated rings. The highest BCUT2D eigenvalue weighted by atomic mass is 16.5. The van der Waals surface area contributed by atoms with Crippen molar-refractivity contribution in [2.75, 3.05) is 26.2 Å². The molecule has 2 aromatic carbocycles. The van der Waals surface area contributed by atoms with Crippen molar-refractivity contribution in [3.8, 4) is 5.75 Å². The maximum absolute atomic E-state index is 12.4. The van der Waals surface area contributed by atoms with Crippen molar-refractivity contribution >= 4 is 5.91 Å². The van der Waals surface area contributed by atoms with Crippen molar-refractivity contribution < 1.29 is 14.6 Å². The molecule has 5 nitrogen and oxygen atoms in total. The second-order valence-electron chi connectivity index (χ2n) is 8.53. The molecule has 0 spiro atoms. The van der Waals surface area contributed by atoms with Crippen molar-refractivity contribution in [3.05, 3.63) is 65.2 Å². The monoisotopic (exact) mass is 410 g/mol. The molecule has 0 radical (unpaired) electrons. The Balaban J connectivity index is 1.38. The molecule has 2 aromatic rings. The fraction of sp³-hybridized carbons (Fsp3) is 0.480. The normalized spacial score (nSPS) is 14.9. The number of carbonyl (C=O) groups excluding carboxylic acids is 1. The molecule has 0 unspecified atom stereocenters. The number of benzene rings is 2. The van der Waals surface area contributed by atoms with E-state index in [-0.39, 0.29) is 12.5 Å². The summed E-state index contributed by atoms with van der Waals surface area (Å²) in [6, 6.07) is 15.6. The number of aliphatic hydroxyl groups excluding tert-OH is 1. The Morgan fingerprint density at radius 2 is 1.87 bits per heavy atom. The average Bonchev–Trinajstić information content (AvgIpc) is 2.75. The number of nitrogens with zero attached hydrogens (tertiary/aromatic N) is 1. The fourth-order valence-corrected chi connectivity index (χ4v) is 3.77. The van der Waals surface area contributed by atoms with Gasteiger partial charge >= 0.3 is 0 Å². The molecule has 1 amide bonds. The number of hydrogen-bond acceptors (Lipinski definition) is 4. The van der Waals surface area contributed by atoms with Crippen molar-refractivity contribution in [2.45, 2.75) is 45.8 Å². The first-order chi connectivity index (χ1) is 14.5. The number of nitrogens with one attached hydrogen (secondary N) is 1. The highest BCUT2D eigenvalue weighted by Crippen LogP contribution is 2.18. The molecule has 1 aliphatic rings. The van der Waals surface area contributed by atoms with Crippen molar-refractivity contribution in [1.82, 2.24) is 10.2 Å². The standard InChI is InChI=1S/C25H34N2O3/c1-19(2)6-5-15-30-24-11-9-21(10-12-24)25(29)26-16-23(28)18-27-14-13-20-7-3-4-8-22(20)17-27/h3-4,7-12,19,23,28H,5-6,13-18H2,1-2H3,(H,26,29)/t23-/m0/s1. The number of carbonyl (C=O) groups is 1. The first kappa shape index (κ1) is 22.3. The predicted molar refractivity (Wildman–Crippen MR) is 120 cm³/mol. The summed E-state index contributed by atoms with van der Waals surface area (Å²) in [5.74, 6) is 1.28.